The molecule has 1 aliphatic rings. The van der Waals surface area contributed by atoms with E-state index in [1.54, 1.807) is 0 Å². The number of hydrogen-bond acceptors (Lipinski definition) is 2. The van der Waals surface area contributed by atoms with Gasteiger partial charge in [-0.25, -0.2) is 0 Å². The van der Waals surface area contributed by atoms with Gasteiger partial charge in [0.15, 0.2) is 5.78 Å². The van der Waals surface area contributed by atoms with Gasteiger partial charge in [0.1, 0.15) is 0 Å². The molecule has 0 N–H and O–H groups in total. The molecule has 2 nitrogen and oxygen atoms in total. The molecule has 24 heavy (non-hydrogen) atoms. The first-order valence-corrected chi connectivity index (χ1v) is 9.84. The van der Waals surface area contributed by atoms with Crippen LogP contribution in [0.4, 0.5) is 0 Å². The lowest BCUT2D eigenvalue weighted by molar-refractivity contribution is 0.0830. The summed E-state index contributed by atoms with van der Waals surface area (Å²) in [5, 5.41) is 0. The number of Topliss-reactive ketones (excluding diaryl/α,β-unsaturated/α-hetero) is 1. The highest BCUT2D eigenvalue weighted by Crippen LogP contribution is 2.33. The van der Waals surface area contributed by atoms with Crippen molar-refractivity contribution in [1.82, 2.24) is 4.90 Å². The lowest BCUT2D eigenvalue weighted by Crippen LogP contribution is -2.41. The quantitative estimate of drug-likeness (QED) is 0.604. The number of fused-ring (bicyclic) bond motifs is 1. The highest BCUT2D eigenvalue weighted by Gasteiger charge is 2.32. The topological polar surface area (TPSA) is 20.3 Å². The van der Waals surface area contributed by atoms with Gasteiger partial charge < -0.3 is 4.90 Å². The fourth-order valence-electron chi connectivity index (χ4n) is 3.87. The molecule has 1 unspecified atom stereocenters. The van der Waals surface area contributed by atoms with Gasteiger partial charge in [0.05, 0.1) is 0 Å². The van der Waals surface area contributed by atoms with Gasteiger partial charge in [0, 0.05) is 17.0 Å². The number of hydrogen-bond donors (Lipinski definition) is 0. The van der Waals surface area contributed by atoms with Gasteiger partial charge in [-0.1, -0.05) is 52.8 Å². The van der Waals surface area contributed by atoms with Crippen LogP contribution in [0, 0.1) is 5.41 Å². The zero-order valence-corrected chi connectivity index (χ0v) is 16.3. The molecule has 0 aliphatic heterocycles. The SMILES string of the molecule is CCCN(CCC)C1CCc2cccc(C(=O)C(C)(C)CC)c2C1. The Morgan fingerprint density at radius 3 is 2.42 bits per heavy atom. The summed E-state index contributed by atoms with van der Waals surface area (Å²) in [6.07, 6.45) is 6.66. The fraction of sp³-hybridized carbons (Fsp3) is 0.682. The second-order valence-corrected chi connectivity index (χ2v) is 7.94. The summed E-state index contributed by atoms with van der Waals surface area (Å²) < 4.78 is 0. The highest BCUT2D eigenvalue weighted by atomic mass is 16.1. The normalized spacial score (nSPS) is 17.8. The maximum atomic E-state index is 13.1. The zero-order valence-electron chi connectivity index (χ0n) is 16.3. The van der Waals surface area contributed by atoms with Gasteiger partial charge in [-0.3, -0.25) is 4.79 Å². The Hall–Kier alpha value is -1.15. The molecule has 0 spiro atoms. The van der Waals surface area contributed by atoms with Crippen LogP contribution >= 0.6 is 0 Å². The van der Waals surface area contributed by atoms with E-state index >= 15 is 0 Å². The molecule has 0 aromatic heterocycles. The Kier molecular flexibility index (Phi) is 6.62. The van der Waals surface area contributed by atoms with Crippen LogP contribution in [-0.4, -0.2) is 29.8 Å². The van der Waals surface area contributed by atoms with Gasteiger partial charge in [0.25, 0.3) is 0 Å². The minimum absolute atomic E-state index is 0.269. The number of nitrogens with zero attached hydrogens (tertiary/aromatic N) is 1. The van der Waals surface area contributed by atoms with E-state index in [1.807, 2.05) is 0 Å². The summed E-state index contributed by atoms with van der Waals surface area (Å²) in [5.41, 5.74) is 3.45. The minimum Gasteiger partial charge on any atom is -0.300 e. The Bertz CT molecular complexity index is 555. The predicted molar refractivity (Wildman–Crippen MR) is 103 cm³/mol. The average molecular weight is 330 g/mol. The molecular weight excluding hydrogens is 294 g/mol. The molecule has 2 heteroatoms. The van der Waals surface area contributed by atoms with E-state index in [0.717, 1.165) is 24.8 Å². The first-order chi connectivity index (χ1) is 11.4. The molecule has 0 heterocycles. The average Bonchev–Trinajstić information content (AvgIpc) is 2.60. The molecule has 1 aromatic rings. The summed E-state index contributed by atoms with van der Waals surface area (Å²) in [5.74, 6) is 0.319. The Morgan fingerprint density at radius 1 is 1.17 bits per heavy atom. The first-order valence-electron chi connectivity index (χ1n) is 9.84. The van der Waals surface area contributed by atoms with Crippen molar-refractivity contribution in [3.8, 4) is 0 Å². The third-order valence-corrected chi connectivity index (χ3v) is 5.74. The van der Waals surface area contributed by atoms with Crippen molar-refractivity contribution >= 4 is 5.78 Å². The van der Waals surface area contributed by atoms with Crippen molar-refractivity contribution in [2.45, 2.75) is 79.2 Å². The van der Waals surface area contributed by atoms with Gasteiger partial charge in [-0.15, -0.1) is 0 Å². The van der Waals surface area contributed by atoms with Crippen LogP contribution in [0.25, 0.3) is 0 Å². The molecule has 0 bridgehead atoms. The molecule has 1 aromatic carbocycles. The van der Waals surface area contributed by atoms with Crippen LogP contribution in [0.3, 0.4) is 0 Å². The minimum atomic E-state index is -0.269. The zero-order chi connectivity index (χ0) is 17.7. The van der Waals surface area contributed by atoms with E-state index in [1.165, 1.54) is 43.5 Å². The van der Waals surface area contributed by atoms with Crippen LogP contribution in [0.2, 0.25) is 0 Å². The van der Waals surface area contributed by atoms with Gasteiger partial charge in [-0.05, 0) is 62.7 Å². The molecule has 0 saturated carbocycles. The van der Waals surface area contributed by atoms with E-state index in [-0.39, 0.29) is 5.41 Å². The highest BCUT2D eigenvalue weighted by molar-refractivity contribution is 6.01. The third-order valence-electron chi connectivity index (χ3n) is 5.74. The van der Waals surface area contributed by atoms with Crippen molar-refractivity contribution in [3.05, 3.63) is 34.9 Å². The predicted octanol–water partition coefficient (Wildman–Crippen LogP) is 5.28. The van der Waals surface area contributed by atoms with Crippen LogP contribution in [0.1, 0.15) is 81.8 Å². The number of aryl methyl sites for hydroxylation is 1. The van der Waals surface area contributed by atoms with Crippen molar-refractivity contribution < 1.29 is 4.79 Å². The number of carbonyl (C=O) groups excluding carboxylic acids is 1. The molecule has 0 saturated heterocycles. The van der Waals surface area contributed by atoms with Crippen LogP contribution in [0.5, 0.6) is 0 Å². The number of rotatable bonds is 8. The smallest absolute Gasteiger partial charge is 0.168 e. The summed E-state index contributed by atoms with van der Waals surface area (Å²) in [6.45, 7) is 13.1. The lowest BCUT2D eigenvalue weighted by Gasteiger charge is -2.36. The van der Waals surface area contributed by atoms with Crippen molar-refractivity contribution in [1.29, 1.82) is 0 Å². The largest absolute Gasteiger partial charge is 0.300 e. The Morgan fingerprint density at radius 2 is 1.83 bits per heavy atom. The molecule has 1 aliphatic carbocycles. The number of benzene rings is 1. The molecular formula is C22H35NO. The van der Waals surface area contributed by atoms with Crippen LogP contribution in [-0.2, 0) is 12.8 Å². The second kappa shape index (κ2) is 8.29. The standard InChI is InChI=1S/C22H35NO/c1-6-14-23(15-7-2)18-13-12-17-10-9-11-19(20(17)16-18)21(24)22(4,5)8-3/h9-11,18H,6-8,12-16H2,1-5H3. The molecule has 0 amide bonds. The maximum Gasteiger partial charge on any atom is 0.168 e. The van der Waals surface area contributed by atoms with Crippen molar-refractivity contribution in [3.63, 3.8) is 0 Å². The molecule has 0 radical (unpaired) electrons. The monoisotopic (exact) mass is 329 g/mol. The summed E-state index contributed by atoms with van der Waals surface area (Å²) in [7, 11) is 0. The molecule has 1 atom stereocenters. The summed E-state index contributed by atoms with van der Waals surface area (Å²) in [4.78, 5) is 15.7. The third kappa shape index (κ3) is 4.08. The number of ketones is 1. The van der Waals surface area contributed by atoms with E-state index in [0.29, 0.717) is 11.8 Å². The van der Waals surface area contributed by atoms with Crippen LogP contribution < -0.4 is 0 Å². The first kappa shape index (κ1) is 19.2. The lowest BCUT2D eigenvalue weighted by atomic mass is 9.76. The van der Waals surface area contributed by atoms with E-state index in [2.05, 4.69) is 57.7 Å². The summed E-state index contributed by atoms with van der Waals surface area (Å²) >= 11 is 0. The van der Waals surface area contributed by atoms with E-state index < -0.39 is 0 Å². The Balaban J connectivity index is 2.30. The number of carbonyl (C=O) groups is 1. The van der Waals surface area contributed by atoms with Crippen LogP contribution in [0.15, 0.2) is 18.2 Å². The van der Waals surface area contributed by atoms with E-state index in [4.69, 9.17) is 0 Å². The maximum absolute atomic E-state index is 13.1. The van der Waals surface area contributed by atoms with Gasteiger partial charge in [-0.2, -0.15) is 0 Å². The van der Waals surface area contributed by atoms with Gasteiger partial charge in [0.2, 0.25) is 0 Å². The van der Waals surface area contributed by atoms with Gasteiger partial charge >= 0.3 is 0 Å². The molecule has 2 rings (SSSR count). The molecule has 0 fully saturated rings. The van der Waals surface area contributed by atoms with Crippen molar-refractivity contribution in [2.24, 2.45) is 5.41 Å². The molecule has 134 valence electrons. The van der Waals surface area contributed by atoms with E-state index in [9.17, 15) is 4.79 Å². The van der Waals surface area contributed by atoms with Crippen molar-refractivity contribution in [2.75, 3.05) is 13.1 Å². The Labute approximate surface area is 148 Å². The summed E-state index contributed by atoms with van der Waals surface area (Å²) in [6, 6.07) is 6.96. The fourth-order valence-corrected chi connectivity index (χ4v) is 3.87. The second-order valence-electron chi connectivity index (χ2n) is 7.94.